The van der Waals surface area contributed by atoms with Crippen LogP contribution in [0.1, 0.15) is 35.4 Å². The van der Waals surface area contributed by atoms with E-state index < -0.39 is 0 Å². The quantitative estimate of drug-likeness (QED) is 0.795. The number of nitrogens with zero attached hydrogens (tertiary/aromatic N) is 3. The average Bonchev–Trinajstić information content (AvgIpc) is 2.90. The van der Waals surface area contributed by atoms with E-state index in [1.54, 1.807) is 16.7 Å². The molecule has 2 saturated heterocycles. The van der Waals surface area contributed by atoms with Crippen LogP contribution in [-0.4, -0.2) is 63.8 Å². The summed E-state index contributed by atoms with van der Waals surface area (Å²) in [4.78, 5) is 51.3. The van der Waals surface area contributed by atoms with E-state index in [0.717, 1.165) is 0 Å². The second-order valence-corrected chi connectivity index (χ2v) is 7.60. The highest BCUT2D eigenvalue weighted by Crippen LogP contribution is 2.41. The third-order valence-corrected chi connectivity index (χ3v) is 5.43. The summed E-state index contributed by atoms with van der Waals surface area (Å²) in [6, 6.07) is 1.36. The SMILES string of the molecule is Cc1cc(=O)c(C(=O)N2CC3(C2)CN(C(=O)C2CCC(=O)C2)C3)n[nH]1. The lowest BCUT2D eigenvalue weighted by Gasteiger charge is -2.60. The molecule has 0 aromatic carbocycles. The van der Waals surface area contributed by atoms with Gasteiger partial charge in [0.25, 0.3) is 5.91 Å². The molecule has 1 saturated carbocycles. The maximum atomic E-state index is 12.4. The molecule has 1 aromatic heterocycles. The number of hydrogen-bond donors (Lipinski definition) is 1. The van der Waals surface area contributed by atoms with Gasteiger partial charge in [0.05, 0.1) is 0 Å². The minimum absolute atomic E-state index is 0.0502. The fourth-order valence-corrected chi connectivity index (χ4v) is 4.11. The van der Waals surface area contributed by atoms with E-state index in [1.165, 1.54) is 6.07 Å². The molecule has 132 valence electrons. The molecule has 1 spiro atoms. The number of amides is 2. The van der Waals surface area contributed by atoms with Crippen molar-refractivity contribution in [3.63, 3.8) is 0 Å². The standard InChI is InChI=1S/C17H20N4O4/c1-10-4-13(23)14(19-18-10)16(25)21-8-17(9-21)6-20(7-17)15(24)11-2-3-12(22)5-11/h4,11H,2-3,5-9H2,1H3,(H,18,23). The molecule has 0 radical (unpaired) electrons. The average molecular weight is 344 g/mol. The Morgan fingerprint density at radius 2 is 1.88 bits per heavy atom. The Labute approximate surface area is 144 Å². The number of aromatic amines is 1. The summed E-state index contributed by atoms with van der Waals surface area (Å²) in [5.41, 5.74) is 0.0987. The summed E-state index contributed by atoms with van der Waals surface area (Å²) in [6.45, 7) is 4.03. The van der Waals surface area contributed by atoms with Crippen molar-refractivity contribution in [2.24, 2.45) is 11.3 Å². The van der Waals surface area contributed by atoms with Gasteiger partial charge in [0.1, 0.15) is 5.78 Å². The first kappa shape index (κ1) is 16.0. The van der Waals surface area contributed by atoms with Crippen molar-refractivity contribution < 1.29 is 14.4 Å². The highest BCUT2D eigenvalue weighted by molar-refractivity contribution is 5.93. The van der Waals surface area contributed by atoms with Crippen molar-refractivity contribution in [1.29, 1.82) is 0 Å². The Morgan fingerprint density at radius 3 is 2.48 bits per heavy atom. The number of aromatic nitrogens is 2. The minimum atomic E-state index is -0.376. The molecule has 1 aliphatic carbocycles. The van der Waals surface area contributed by atoms with Gasteiger partial charge >= 0.3 is 0 Å². The smallest absolute Gasteiger partial charge is 0.278 e. The largest absolute Gasteiger partial charge is 0.341 e. The number of ketones is 1. The van der Waals surface area contributed by atoms with Crippen molar-refractivity contribution in [3.8, 4) is 0 Å². The molecule has 1 aromatic rings. The summed E-state index contributed by atoms with van der Waals surface area (Å²) in [7, 11) is 0. The lowest BCUT2D eigenvalue weighted by Crippen LogP contribution is -2.74. The van der Waals surface area contributed by atoms with Crippen LogP contribution in [0.5, 0.6) is 0 Å². The molecule has 3 aliphatic rings. The molecule has 8 nitrogen and oxygen atoms in total. The van der Waals surface area contributed by atoms with E-state index >= 15 is 0 Å². The molecule has 8 heteroatoms. The van der Waals surface area contributed by atoms with Crippen LogP contribution in [0.3, 0.4) is 0 Å². The van der Waals surface area contributed by atoms with Gasteiger partial charge in [0.15, 0.2) is 5.69 Å². The Morgan fingerprint density at radius 1 is 1.20 bits per heavy atom. The van der Waals surface area contributed by atoms with Gasteiger partial charge in [-0.2, -0.15) is 5.10 Å². The van der Waals surface area contributed by atoms with Crippen LogP contribution in [0.4, 0.5) is 0 Å². The van der Waals surface area contributed by atoms with Crippen LogP contribution in [0.15, 0.2) is 10.9 Å². The maximum Gasteiger partial charge on any atom is 0.278 e. The molecule has 2 aliphatic heterocycles. The molecule has 25 heavy (non-hydrogen) atoms. The summed E-state index contributed by atoms with van der Waals surface area (Å²) in [6.07, 6.45) is 1.54. The van der Waals surface area contributed by atoms with Gasteiger partial charge in [-0.05, 0) is 13.3 Å². The lowest BCUT2D eigenvalue weighted by atomic mass is 9.72. The van der Waals surface area contributed by atoms with Gasteiger partial charge in [-0.15, -0.1) is 0 Å². The highest BCUT2D eigenvalue weighted by Gasteiger charge is 2.55. The molecule has 3 fully saturated rings. The van der Waals surface area contributed by atoms with Gasteiger partial charge in [-0.3, -0.25) is 24.3 Å². The maximum absolute atomic E-state index is 12.4. The number of carbonyl (C=O) groups is 3. The Bertz CT molecular complexity index is 816. The lowest BCUT2D eigenvalue weighted by molar-refractivity contribution is -0.159. The Kier molecular flexibility index (Phi) is 3.52. The Balaban J connectivity index is 1.32. The number of likely N-dealkylation sites (tertiary alicyclic amines) is 2. The summed E-state index contributed by atoms with van der Waals surface area (Å²) in [5.74, 6) is -0.279. The van der Waals surface area contributed by atoms with Gasteiger partial charge in [-0.1, -0.05) is 0 Å². The van der Waals surface area contributed by atoms with E-state index in [9.17, 15) is 19.2 Å². The van der Waals surface area contributed by atoms with Crippen molar-refractivity contribution in [3.05, 3.63) is 27.7 Å². The third kappa shape index (κ3) is 2.65. The number of nitrogens with one attached hydrogen (secondary N) is 1. The van der Waals surface area contributed by atoms with Gasteiger partial charge in [0.2, 0.25) is 11.3 Å². The van der Waals surface area contributed by atoms with Crippen molar-refractivity contribution >= 4 is 17.6 Å². The monoisotopic (exact) mass is 344 g/mol. The predicted octanol–water partition coefficient (Wildman–Crippen LogP) is -0.268. The van der Waals surface area contributed by atoms with Crippen LogP contribution < -0.4 is 5.43 Å². The van der Waals surface area contributed by atoms with Crippen LogP contribution >= 0.6 is 0 Å². The van der Waals surface area contributed by atoms with Crippen molar-refractivity contribution in [2.75, 3.05) is 26.2 Å². The van der Waals surface area contributed by atoms with Gasteiger partial charge in [-0.25, -0.2) is 0 Å². The van der Waals surface area contributed by atoms with E-state index in [4.69, 9.17) is 0 Å². The molecule has 1 atom stereocenters. The zero-order valence-electron chi connectivity index (χ0n) is 14.1. The molecule has 3 heterocycles. The van der Waals surface area contributed by atoms with E-state index in [1.807, 2.05) is 0 Å². The molecule has 1 N–H and O–H groups in total. The van der Waals surface area contributed by atoms with E-state index in [0.29, 0.717) is 51.1 Å². The number of Topliss-reactive ketones (excluding diaryl/α,β-unsaturated/α-hetero) is 1. The predicted molar refractivity (Wildman–Crippen MR) is 86.9 cm³/mol. The fourth-order valence-electron chi connectivity index (χ4n) is 4.11. The number of H-pyrrole nitrogens is 1. The number of aryl methyl sites for hydroxylation is 1. The third-order valence-electron chi connectivity index (χ3n) is 5.43. The van der Waals surface area contributed by atoms with E-state index in [2.05, 4.69) is 10.2 Å². The minimum Gasteiger partial charge on any atom is -0.341 e. The first-order valence-electron chi connectivity index (χ1n) is 8.53. The van der Waals surface area contributed by atoms with E-state index in [-0.39, 0.29) is 40.1 Å². The van der Waals surface area contributed by atoms with Gasteiger partial charge in [0, 0.05) is 62.1 Å². The first-order valence-corrected chi connectivity index (χ1v) is 8.53. The van der Waals surface area contributed by atoms with Crippen LogP contribution in [-0.2, 0) is 9.59 Å². The molecular formula is C17H20N4O4. The Hall–Kier alpha value is -2.51. The van der Waals surface area contributed by atoms with Crippen LogP contribution in [0.2, 0.25) is 0 Å². The molecule has 1 unspecified atom stereocenters. The highest BCUT2D eigenvalue weighted by atomic mass is 16.2. The fraction of sp³-hybridized carbons (Fsp3) is 0.588. The number of carbonyl (C=O) groups excluding carboxylic acids is 3. The van der Waals surface area contributed by atoms with Crippen LogP contribution in [0, 0.1) is 18.3 Å². The van der Waals surface area contributed by atoms with Crippen molar-refractivity contribution in [1.82, 2.24) is 20.0 Å². The zero-order chi connectivity index (χ0) is 17.8. The molecule has 0 bridgehead atoms. The topological polar surface area (TPSA) is 103 Å². The normalized spacial score (nSPS) is 24.2. The summed E-state index contributed by atoms with van der Waals surface area (Å²) < 4.78 is 0. The van der Waals surface area contributed by atoms with Gasteiger partial charge < -0.3 is 9.80 Å². The number of rotatable bonds is 2. The number of hydrogen-bond acceptors (Lipinski definition) is 5. The van der Waals surface area contributed by atoms with Crippen molar-refractivity contribution in [2.45, 2.75) is 26.2 Å². The molecular weight excluding hydrogens is 324 g/mol. The van der Waals surface area contributed by atoms with Crippen LogP contribution in [0.25, 0.3) is 0 Å². The second-order valence-electron chi connectivity index (χ2n) is 7.60. The summed E-state index contributed by atoms with van der Waals surface area (Å²) in [5, 5.41) is 6.50. The first-order chi connectivity index (χ1) is 11.9. The second kappa shape index (κ2) is 5.50. The molecule has 2 amide bonds. The summed E-state index contributed by atoms with van der Waals surface area (Å²) >= 11 is 0. The molecule has 4 rings (SSSR count). The zero-order valence-corrected chi connectivity index (χ0v) is 14.1.